The Kier molecular flexibility index (Phi) is 5.41. The van der Waals surface area contributed by atoms with E-state index in [1.54, 1.807) is 0 Å². The van der Waals surface area contributed by atoms with Gasteiger partial charge < -0.3 is 4.90 Å². The van der Waals surface area contributed by atoms with Crippen LogP contribution in [0.1, 0.15) is 37.3 Å². The Morgan fingerprint density at radius 2 is 1.92 bits per heavy atom. The van der Waals surface area contributed by atoms with E-state index >= 15 is 0 Å². The maximum atomic E-state index is 12.3. The molecule has 0 N–H and O–H groups in total. The van der Waals surface area contributed by atoms with E-state index in [0.29, 0.717) is 17.9 Å². The smallest absolute Gasteiger partial charge is 0.222 e. The third kappa shape index (κ3) is 3.86. The minimum absolute atomic E-state index is 0.102. The van der Waals surface area contributed by atoms with Gasteiger partial charge in [0.25, 0.3) is 0 Å². The molecule has 1 amide bonds. The van der Waals surface area contributed by atoms with Crippen LogP contribution in [0.15, 0.2) is 24.3 Å². The number of likely N-dealkylation sites (tertiary alicyclic amines) is 1. The quantitative estimate of drug-likeness (QED) is 0.845. The van der Waals surface area contributed by atoms with Gasteiger partial charge in [-0.05, 0) is 44.5 Å². The van der Waals surface area contributed by atoms with Crippen LogP contribution in [0.3, 0.4) is 0 Å². The standard InChI is InChI=1S/C20H28N4O/c1-3-24-11-10-20(9-8-19(24)25)16-23(13-12-22(20)2)15-18-6-4-17(14-21)5-7-18/h4-7H,3,8-13,15-16H2,1-2H3/t20-/m0/s1. The molecule has 0 radical (unpaired) electrons. The van der Waals surface area contributed by atoms with Crippen molar-refractivity contribution in [1.82, 2.24) is 14.7 Å². The van der Waals surface area contributed by atoms with Crippen LogP contribution in [-0.4, -0.2) is 65.9 Å². The fraction of sp³-hybridized carbons (Fsp3) is 0.600. The lowest BCUT2D eigenvalue weighted by atomic mass is 9.86. The highest BCUT2D eigenvalue weighted by Crippen LogP contribution is 2.32. The van der Waals surface area contributed by atoms with Crippen LogP contribution in [0.5, 0.6) is 0 Å². The molecule has 0 aromatic heterocycles. The average molecular weight is 340 g/mol. The summed E-state index contributed by atoms with van der Waals surface area (Å²) in [5.41, 5.74) is 2.06. The van der Waals surface area contributed by atoms with Crippen molar-refractivity contribution in [2.24, 2.45) is 0 Å². The van der Waals surface area contributed by atoms with Crippen LogP contribution >= 0.6 is 0 Å². The molecule has 1 aromatic carbocycles. The van der Waals surface area contributed by atoms with Gasteiger partial charge in [-0.3, -0.25) is 14.6 Å². The molecule has 134 valence electrons. The molecule has 3 rings (SSSR count). The van der Waals surface area contributed by atoms with Crippen molar-refractivity contribution in [1.29, 1.82) is 5.26 Å². The molecule has 1 spiro atoms. The van der Waals surface area contributed by atoms with Gasteiger partial charge in [0.15, 0.2) is 0 Å². The first kappa shape index (κ1) is 17.9. The average Bonchev–Trinajstić information content (AvgIpc) is 2.79. The van der Waals surface area contributed by atoms with Crippen LogP contribution in [0.2, 0.25) is 0 Å². The van der Waals surface area contributed by atoms with Gasteiger partial charge in [-0.15, -0.1) is 0 Å². The highest BCUT2D eigenvalue weighted by molar-refractivity contribution is 5.76. The molecule has 0 aliphatic carbocycles. The van der Waals surface area contributed by atoms with Gasteiger partial charge in [-0.25, -0.2) is 0 Å². The fourth-order valence-electron chi connectivity index (χ4n) is 4.19. The monoisotopic (exact) mass is 340 g/mol. The van der Waals surface area contributed by atoms with E-state index < -0.39 is 0 Å². The molecule has 0 saturated carbocycles. The molecule has 2 aliphatic heterocycles. The Morgan fingerprint density at radius 3 is 2.60 bits per heavy atom. The van der Waals surface area contributed by atoms with Crippen molar-refractivity contribution >= 4 is 5.91 Å². The van der Waals surface area contributed by atoms with Crippen molar-refractivity contribution in [3.63, 3.8) is 0 Å². The lowest BCUT2D eigenvalue weighted by molar-refractivity contribution is -0.130. The van der Waals surface area contributed by atoms with E-state index in [2.05, 4.69) is 42.0 Å². The first-order chi connectivity index (χ1) is 12.1. The summed E-state index contributed by atoms with van der Waals surface area (Å²) in [5.74, 6) is 0.303. The molecule has 2 aliphatic rings. The largest absolute Gasteiger partial charge is 0.343 e. The van der Waals surface area contributed by atoms with E-state index in [1.807, 2.05) is 17.0 Å². The first-order valence-corrected chi connectivity index (χ1v) is 9.27. The Bertz CT molecular complexity index is 651. The summed E-state index contributed by atoms with van der Waals surface area (Å²) in [6.07, 6.45) is 2.65. The minimum Gasteiger partial charge on any atom is -0.343 e. The Morgan fingerprint density at radius 1 is 1.16 bits per heavy atom. The number of likely N-dealkylation sites (N-methyl/N-ethyl adjacent to an activating group) is 1. The van der Waals surface area contributed by atoms with Gasteiger partial charge in [0.1, 0.15) is 0 Å². The fourth-order valence-corrected chi connectivity index (χ4v) is 4.19. The Labute approximate surface area is 150 Å². The first-order valence-electron chi connectivity index (χ1n) is 9.27. The lowest BCUT2D eigenvalue weighted by Gasteiger charge is -2.49. The van der Waals surface area contributed by atoms with E-state index in [0.717, 1.165) is 52.1 Å². The van der Waals surface area contributed by atoms with Crippen LogP contribution < -0.4 is 0 Å². The maximum absolute atomic E-state index is 12.3. The second kappa shape index (κ2) is 7.55. The number of hydrogen-bond acceptors (Lipinski definition) is 4. The topological polar surface area (TPSA) is 50.6 Å². The molecule has 2 fully saturated rings. The predicted octanol–water partition coefficient (Wildman–Crippen LogP) is 2.08. The maximum Gasteiger partial charge on any atom is 0.222 e. The number of carbonyl (C=O) groups is 1. The van der Waals surface area contributed by atoms with Crippen molar-refractivity contribution < 1.29 is 4.79 Å². The van der Waals surface area contributed by atoms with Gasteiger partial charge in [0, 0.05) is 51.2 Å². The molecule has 0 unspecified atom stereocenters. The van der Waals surface area contributed by atoms with Crippen molar-refractivity contribution in [2.75, 3.05) is 39.8 Å². The van der Waals surface area contributed by atoms with Gasteiger partial charge in [-0.1, -0.05) is 12.1 Å². The summed E-state index contributed by atoms with van der Waals surface area (Å²) in [7, 11) is 2.21. The summed E-state index contributed by atoms with van der Waals surface area (Å²) in [5, 5.41) is 8.94. The zero-order chi connectivity index (χ0) is 17.9. The highest BCUT2D eigenvalue weighted by Gasteiger charge is 2.41. The number of benzene rings is 1. The number of carbonyl (C=O) groups excluding carboxylic acids is 1. The molecular weight excluding hydrogens is 312 g/mol. The zero-order valence-corrected chi connectivity index (χ0v) is 15.4. The van der Waals surface area contributed by atoms with E-state index in [1.165, 1.54) is 5.56 Å². The van der Waals surface area contributed by atoms with Gasteiger partial charge in [0.05, 0.1) is 11.6 Å². The van der Waals surface area contributed by atoms with Gasteiger partial charge in [0.2, 0.25) is 5.91 Å². The highest BCUT2D eigenvalue weighted by atomic mass is 16.2. The number of rotatable bonds is 3. The molecule has 5 nitrogen and oxygen atoms in total. The van der Waals surface area contributed by atoms with Crippen molar-refractivity contribution in [2.45, 2.75) is 38.3 Å². The van der Waals surface area contributed by atoms with Crippen molar-refractivity contribution in [3.05, 3.63) is 35.4 Å². The Balaban J connectivity index is 1.70. The second-order valence-corrected chi connectivity index (χ2v) is 7.39. The normalized spacial score (nSPS) is 25.8. The molecular formula is C20H28N4O. The number of piperazine rings is 1. The summed E-state index contributed by atoms with van der Waals surface area (Å²) in [6, 6.07) is 10.1. The van der Waals surface area contributed by atoms with Crippen LogP contribution in [0.4, 0.5) is 0 Å². The summed E-state index contributed by atoms with van der Waals surface area (Å²) in [6.45, 7) is 7.75. The number of amides is 1. The molecule has 2 heterocycles. The molecule has 1 atom stereocenters. The molecule has 2 saturated heterocycles. The second-order valence-electron chi connectivity index (χ2n) is 7.39. The molecule has 25 heavy (non-hydrogen) atoms. The van der Waals surface area contributed by atoms with E-state index in [4.69, 9.17) is 5.26 Å². The SMILES string of the molecule is CCN1CC[C@@]2(CCC1=O)CN(Cc1ccc(C#N)cc1)CCN2C. The molecule has 5 heteroatoms. The van der Waals surface area contributed by atoms with Crippen LogP contribution in [0.25, 0.3) is 0 Å². The molecule has 1 aromatic rings. The van der Waals surface area contributed by atoms with Crippen LogP contribution in [0, 0.1) is 11.3 Å². The summed E-state index contributed by atoms with van der Waals surface area (Å²) >= 11 is 0. The third-order valence-corrected chi connectivity index (χ3v) is 5.95. The number of hydrogen-bond donors (Lipinski definition) is 0. The lowest BCUT2D eigenvalue weighted by Crippen LogP contribution is -2.60. The summed E-state index contributed by atoms with van der Waals surface area (Å²) < 4.78 is 0. The van der Waals surface area contributed by atoms with E-state index in [-0.39, 0.29) is 5.54 Å². The van der Waals surface area contributed by atoms with Gasteiger partial charge >= 0.3 is 0 Å². The van der Waals surface area contributed by atoms with Crippen LogP contribution in [-0.2, 0) is 11.3 Å². The third-order valence-electron chi connectivity index (χ3n) is 5.95. The Hall–Kier alpha value is -1.90. The zero-order valence-electron chi connectivity index (χ0n) is 15.4. The van der Waals surface area contributed by atoms with E-state index in [9.17, 15) is 4.79 Å². The predicted molar refractivity (Wildman–Crippen MR) is 97.9 cm³/mol. The number of nitriles is 1. The number of nitrogens with zero attached hydrogens (tertiary/aromatic N) is 4. The van der Waals surface area contributed by atoms with Gasteiger partial charge in [-0.2, -0.15) is 5.26 Å². The van der Waals surface area contributed by atoms with Crippen molar-refractivity contribution in [3.8, 4) is 6.07 Å². The minimum atomic E-state index is 0.102. The molecule has 0 bridgehead atoms. The summed E-state index contributed by atoms with van der Waals surface area (Å²) in [4.78, 5) is 19.3.